The van der Waals surface area contributed by atoms with E-state index in [2.05, 4.69) is 55.3 Å². The van der Waals surface area contributed by atoms with E-state index in [1.54, 1.807) is 0 Å². The topological polar surface area (TPSA) is 46.1 Å². The third-order valence-corrected chi connectivity index (χ3v) is 5.24. The Hall–Kier alpha value is -0.860. The summed E-state index contributed by atoms with van der Waals surface area (Å²) in [5, 5.41) is 3.47. The molecule has 6 heteroatoms. The highest BCUT2D eigenvalue weighted by Gasteiger charge is 2.42. The van der Waals surface area contributed by atoms with Crippen molar-refractivity contribution in [2.75, 3.05) is 32.8 Å². The number of halogens is 1. The zero-order valence-electron chi connectivity index (χ0n) is 16.9. The van der Waals surface area contributed by atoms with Crippen LogP contribution in [0.4, 0.5) is 0 Å². The minimum atomic E-state index is 0. The van der Waals surface area contributed by atoms with Crippen LogP contribution in [0.5, 0.6) is 0 Å². The smallest absolute Gasteiger partial charge is 0.194 e. The van der Waals surface area contributed by atoms with E-state index in [0.717, 1.165) is 38.8 Å². The Bertz CT molecular complexity index is 615. The van der Waals surface area contributed by atoms with Crippen molar-refractivity contribution in [2.45, 2.75) is 52.9 Å². The molecule has 0 amide bonds. The van der Waals surface area contributed by atoms with E-state index >= 15 is 0 Å². The number of hydrogen-bond acceptors (Lipinski definition) is 3. The predicted molar refractivity (Wildman–Crippen MR) is 121 cm³/mol. The van der Waals surface area contributed by atoms with Crippen LogP contribution in [0.2, 0.25) is 0 Å². The fourth-order valence-corrected chi connectivity index (χ4v) is 3.76. The lowest BCUT2D eigenvalue weighted by Gasteiger charge is -2.25. The molecule has 2 heterocycles. The van der Waals surface area contributed by atoms with Crippen molar-refractivity contribution in [2.24, 2.45) is 10.4 Å². The van der Waals surface area contributed by atoms with Gasteiger partial charge in [-0.15, -0.1) is 24.0 Å². The van der Waals surface area contributed by atoms with Gasteiger partial charge in [0, 0.05) is 31.7 Å². The van der Waals surface area contributed by atoms with Gasteiger partial charge in [-0.25, -0.2) is 4.99 Å². The molecule has 1 atom stereocenters. The van der Waals surface area contributed by atoms with Crippen LogP contribution in [0.25, 0.3) is 0 Å². The zero-order chi connectivity index (χ0) is 18.4. The van der Waals surface area contributed by atoms with Gasteiger partial charge in [-0.05, 0) is 44.7 Å². The van der Waals surface area contributed by atoms with Crippen LogP contribution in [0.1, 0.15) is 44.7 Å². The molecule has 27 heavy (non-hydrogen) atoms. The molecular formula is C21H34IN3O2. The van der Waals surface area contributed by atoms with Crippen molar-refractivity contribution in [1.29, 1.82) is 0 Å². The number of aliphatic imine (C=N–C) groups is 1. The first kappa shape index (κ1) is 22.4. The van der Waals surface area contributed by atoms with Gasteiger partial charge in [-0.3, -0.25) is 0 Å². The van der Waals surface area contributed by atoms with Gasteiger partial charge in [-0.2, -0.15) is 0 Å². The van der Waals surface area contributed by atoms with Gasteiger partial charge in [0.05, 0.1) is 25.9 Å². The van der Waals surface area contributed by atoms with Gasteiger partial charge in [0.1, 0.15) is 0 Å². The molecule has 2 fully saturated rings. The monoisotopic (exact) mass is 487 g/mol. The summed E-state index contributed by atoms with van der Waals surface area (Å²) >= 11 is 0. The summed E-state index contributed by atoms with van der Waals surface area (Å²) in [6, 6.07) is 8.55. The summed E-state index contributed by atoms with van der Waals surface area (Å²) < 4.78 is 11.4. The minimum Gasteiger partial charge on any atom is -0.381 e. The quantitative estimate of drug-likeness (QED) is 0.377. The number of rotatable bonds is 6. The molecule has 2 aliphatic heterocycles. The van der Waals surface area contributed by atoms with Crippen molar-refractivity contribution in [3.8, 4) is 0 Å². The van der Waals surface area contributed by atoms with Gasteiger partial charge < -0.3 is 19.7 Å². The third kappa shape index (κ3) is 6.32. The van der Waals surface area contributed by atoms with E-state index in [0.29, 0.717) is 18.6 Å². The van der Waals surface area contributed by atoms with Crippen molar-refractivity contribution in [1.82, 2.24) is 10.2 Å². The number of nitrogens with one attached hydrogen (secondary N) is 1. The zero-order valence-corrected chi connectivity index (χ0v) is 19.2. The van der Waals surface area contributed by atoms with Crippen molar-refractivity contribution >= 4 is 29.9 Å². The molecule has 1 N–H and O–H groups in total. The van der Waals surface area contributed by atoms with Gasteiger partial charge >= 0.3 is 0 Å². The van der Waals surface area contributed by atoms with E-state index in [9.17, 15) is 0 Å². The second-order valence-electron chi connectivity index (χ2n) is 7.82. The molecule has 2 saturated heterocycles. The van der Waals surface area contributed by atoms with Crippen molar-refractivity contribution in [3.05, 3.63) is 35.4 Å². The normalized spacial score (nSPS) is 22.5. The average Bonchev–Trinajstić information content (AvgIpc) is 3.27. The first-order valence-electron chi connectivity index (χ1n) is 9.91. The molecule has 1 aromatic carbocycles. The molecule has 3 rings (SSSR count). The number of likely N-dealkylation sites (tertiary alicyclic amines) is 1. The first-order valence-corrected chi connectivity index (χ1v) is 9.91. The third-order valence-electron chi connectivity index (χ3n) is 5.24. The van der Waals surface area contributed by atoms with Gasteiger partial charge in [0.2, 0.25) is 0 Å². The number of benzene rings is 1. The summed E-state index contributed by atoms with van der Waals surface area (Å²) in [7, 11) is 0. The number of nitrogens with zero attached hydrogens (tertiary/aromatic N) is 2. The lowest BCUT2D eigenvalue weighted by atomic mass is 9.87. The second kappa shape index (κ2) is 10.6. The molecule has 1 aromatic rings. The highest BCUT2D eigenvalue weighted by Crippen LogP contribution is 2.38. The van der Waals surface area contributed by atoms with Crippen molar-refractivity contribution in [3.63, 3.8) is 0 Å². The molecule has 0 radical (unpaired) electrons. The molecule has 0 aromatic heterocycles. The molecule has 0 saturated carbocycles. The first-order chi connectivity index (χ1) is 12.6. The second-order valence-corrected chi connectivity index (χ2v) is 7.82. The molecule has 1 spiro atoms. The highest BCUT2D eigenvalue weighted by atomic mass is 127. The number of guanidine groups is 1. The van der Waals surface area contributed by atoms with E-state index in [4.69, 9.17) is 14.5 Å². The maximum Gasteiger partial charge on any atom is 0.194 e. The molecule has 152 valence electrons. The summed E-state index contributed by atoms with van der Waals surface area (Å²) in [6.07, 6.45) is 2.64. The van der Waals surface area contributed by atoms with Crippen LogP contribution in [0.15, 0.2) is 29.3 Å². The fraction of sp³-hybridized carbons (Fsp3) is 0.667. The van der Waals surface area contributed by atoms with Crippen LogP contribution < -0.4 is 5.32 Å². The Balaban J connectivity index is 0.00000261. The summed E-state index contributed by atoms with van der Waals surface area (Å²) in [4.78, 5) is 7.31. The van der Waals surface area contributed by atoms with Crippen LogP contribution in [-0.2, 0) is 22.6 Å². The van der Waals surface area contributed by atoms with Crippen LogP contribution >= 0.6 is 24.0 Å². The number of hydrogen-bond donors (Lipinski definition) is 1. The Morgan fingerprint density at radius 1 is 1.33 bits per heavy atom. The summed E-state index contributed by atoms with van der Waals surface area (Å²) in [5.74, 6) is 1.03. The maximum absolute atomic E-state index is 5.71. The maximum atomic E-state index is 5.71. The fourth-order valence-electron chi connectivity index (χ4n) is 3.76. The Morgan fingerprint density at radius 3 is 2.85 bits per heavy atom. The van der Waals surface area contributed by atoms with Crippen LogP contribution in [0.3, 0.4) is 0 Å². The van der Waals surface area contributed by atoms with E-state index in [-0.39, 0.29) is 30.1 Å². The van der Waals surface area contributed by atoms with E-state index in [1.807, 2.05) is 0 Å². The van der Waals surface area contributed by atoms with E-state index < -0.39 is 0 Å². The Morgan fingerprint density at radius 2 is 2.15 bits per heavy atom. The minimum absolute atomic E-state index is 0. The van der Waals surface area contributed by atoms with Gasteiger partial charge in [0.15, 0.2) is 5.96 Å². The Labute approximate surface area is 180 Å². The standard InChI is InChI=1S/C21H33N3O2.HI/c1-4-22-20(24-10-8-21(15-24)9-11-25-16-21)23-13-18-6-5-7-19(12-18)14-26-17(2)3;/h5-7,12,17H,4,8-11,13-16H2,1-3H3,(H,22,23);1H. The highest BCUT2D eigenvalue weighted by molar-refractivity contribution is 14.0. The van der Waals surface area contributed by atoms with Gasteiger partial charge in [0.25, 0.3) is 0 Å². The van der Waals surface area contributed by atoms with Crippen LogP contribution in [0, 0.1) is 5.41 Å². The lowest BCUT2D eigenvalue weighted by molar-refractivity contribution is 0.0657. The average molecular weight is 487 g/mol. The van der Waals surface area contributed by atoms with Crippen molar-refractivity contribution < 1.29 is 9.47 Å². The summed E-state index contributed by atoms with van der Waals surface area (Å²) in [6.45, 7) is 12.4. The predicted octanol–water partition coefficient (Wildman–Crippen LogP) is 3.81. The van der Waals surface area contributed by atoms with E-state index in [1.165, 1.54) is 24.0 Å². The molecule has 5 nitrogen and oxygen atoms in total. The molecule has 1 unspecified atom stereocenters. The lowest BCUT2D eigenvalue weighted by Crippen LogP contribution is -2.41. The Kier molecular flexibility index (Phi) is 8.82. The summed E-state index contributed by atoms with van der Waals surface area (Å²) in [5.41, 5.74) is 2.78. The molecule has 0 bridgehead atoms. The molecular weight excluding hydrogens is 453 g/mol. The number of ether oxygens (including phenoxy) is 2. The molecule has 2 aliphatic rings. The largest absolute Gasteiger partial charge is 0.381 e. The molecule has 0 aliphatic carbocycles. The van der Waals surface area contributed by atoms with Crippen LogP contribution in [-0.4, -0.2) is 49.8 Å². The van der Waals surface area contributed by atoms with Gasteiger partial charge in [-0.1, -0.05) is 24.3 Å². The SMILES string of the molecule is CCNC(=NCc1cccc(COC(C)C)c1)N1CCC2(CCOC2)C1.I.